The Morgan fingerprint density at radius 2 is 1.71 bits per heavy atom. The smallest absolute Gasteiger partial charge is 0.355 e. The van der Waals surface area contributed by atoms with Gasteiger partial charge in [-0.25, -0.2) is 28.4 Å². The van der Waals surface area contributed by atoms with Gasteiger partial charge in [0.15, 0.2) is 11.3 Å². The Kier molecular flexibility index (Phi) is 5.75. The summed E-state index contributed by atoms with van der Waals surface area (Å²) in [7, 11) is 0. The van der Waals surface area contributed by atoms with Gasteiger partial charge in [0, 0.05) is 19.6 Å². The molecule has 3 aromatic rings. The average molecular weight is 496 g/mol. The number of fused-ring (bicyclic) bond motifs is 1. The Morgan fingerprint density at radius 3 is 2.37 bits per heavy atom. The summed E-state index contributed by atoms with van der Waals surface area (Å²) >= 11 is 0. The quantitative estimate of drug-likeness (QED) is 0.502. The van der Waals surface area contributed by atoms with Gasteiger partial charge in [-0.2, -0.15) is 18.3 Å². The van der Waals surface area contributed by atoms with Crippen LogP contribution in [0.1, 0.15) is 30.7 Å². The average Bonchev–Trinajstić information content (AvgIpc) is 3.35. The summed E-state index contributed by atoms with van der Waals surface area (Å²) in [5.74, 6) is 0.487. The molecule has 0 bridgehead atoms. The van der Waals surface area contributed by atoms with Crippen molar-refractivity contribution in [2.45, 2.75) is 45.0 Å². The Bertz CT molecular complexity index is 1220. The minimum atomic E-state index is -4.57. The first kappa shape index (κ1) is 23.3. The van der Waals surface area contributed by atoms with Crippen LogP contribution in [0.25, 0.3) is 11.2 Å². The number of amides is 1. The van der Waals surface area contributed by atoms with Gasteiger partial charge in [0.2, 0.25) is 5.91 Å². The zero-order valence-corrected chi connectivity index (χ0v) is 18.4. The van der Waals surface area contributed by atoms with Crippen LogP contribution in [0.2, 0.25) is 0 Å². The molecule has 0 atom stereocenters. The van der Waals surface area contributed by atoms with Gasteiger partial charge < -0.3 is 9.80 Å². The number of alkyl halides is 5. The van der Waals surface area contributed by atoms with E-state index < -0.39 is 30.3 Å². The van der Waals surface area contributed by atoms with E-state index in [4.69, 9.17) is 0 Å². The normalized spacial score (nSPS) is 18.4. The van der Waals surface area contributed by atoms with Crippen LogP contribution in [0.3, 0.4) is 0 Å². The zero-order valence-electron chi connectivity index (χ0n) is 18.4. The monoisotopic (exact) mass is 496 g/mol. The maximum Gasteiger partial charge on any atom is 0.434 e. The Balaban J connectivity index is 1.24. The number of likely N-dealkylation sites (tertiary alicyclic amines) is 1. The second-order valence-electron chi connectivity index (χ2n) is 8.79. The van der Waals surface area contributed by atoms with Crippen LogP contribution in [0.5, 0.6) is 0 Å². The molecule has 35 heavy (non-hydrogen) atoms. The van der Waals surface area contributed by atoms with Crippen molar-refractivity contribution in [2.24, 2.45) is 5.41 Å². The number of hydrogen-bond acceptors (Lipinski definition) is 7. The minimum absolute atomic E-state index is 0.0459. The molecule has 0 N–H and O–H groups in total. The molecule has 2 saturated heterocycles. The molecule has 0 aliphatic carbocycles. The highest BCUT2D eigenvalue weighted by Gasteiger charge is 2.48. The summed E-state index contributed by atoms with van der Waals surface area (Å²) in [5, 5.41) is 3.93. The molecule has 9 nitrogen and oxygen atoms in total. The molecule has 1 spiro atoms. The van der Waals surface area contributed by atoms with Gasteiger partial charge in [-0.1, -0.05) is 0 Å². The summed E-state index contributed by atoms with van der Waals surface area (Å²) in [4.78, 5) is 32.8. The van der Waals surface area contributed by atoms with Crippen molar-refractivity contribution in [3.05, 3.63) is 36.2 Å². The molecule has 2 aliphatic heterocycles. The molecular weight excluding hydrogens is 475 g/mol. The highest BCUT2D eigenvalue weighted by molar-refractivity contribution is 5.85. The molecule has 3 aromatic heterocycles. The molecule has 0 aromatic carbocycles. The van der Waals surface area contributed by atoms with E-state index in [0.29, 0.717) is 62.1 Å². The molecule has 1 amide bonds. The third-order valence-corrected chi connectivity index (χ3v) is 6.64. The van der Waals surface area contributed by atoms with Crippen LogP contribution in [-0.2, 0) is 24.1 Å². The van der Waals surface area contributed by atoms with Crippen LogP contribution in [0, 0.1) is 5.41 Å². The summed E-state index contributed by atoms with van der Waals surface area (Å²) in [6.07, 6.45) is -0.666. The molecule has 186 valence electrons. The number of anilines is 1. The fourth-order valence-electron chi connectivity index (χ4n) is 4.71. The van der Waals surface area contributed by atoms with Crippen molar-refractivity contribution in [1.29, 1.82) is 0 Å². The number of piperidine rings is 1. The fraction of sp³-hybridized carbons (Fsp3) is 0.524. The lowest BCUT2D eigenvalue weighted by Gasteiger charge is -2.38. The van der Waals surface area contributed by atoms with Crippen molar-refractivity contribution < 1.29 is 26.7 Å². The van der Waals surface area contributed by atoms with E-state index in [1.54, 1.807) is 11.1 Å². The molecule has 5 rings (SSSR count). The van der Waals surface area contributed by atoms with Crippen molar-refractivity contribution >= 4 is 22.9 Å². The fourth-order valence-corrected chi connectivity index (χ4v) is 4.71. The summed E-state index contributed by atoms with van der Waals surface area (Å²) in [6, 6.07) is 0. The first-order chi connectivity index (χ1) is 16.6. The van der Waals surface area contributed by atoms with Crippen LogP contribution in [0.4, 0.5) is 27.8 Å². The van der Waals surface area contributed by atoms with Crippen molar-refractivity contribution in [3.8, 4) is 0 Å². The zero-order chi connectivity index (χ0) is 24.8. The van der Waals surface area contributed by atoms with Crippen LogP contribution in [0.15, 0.2) is 24.8 Å². The predicted molar refractivity (Wildman–Crippen MR) is 112 cm³/mol. The minimum Gasteiger partial charge on any atom is -0.355 e. The molecule has 14 heteroatoms. The molecule has 0 unspecified atom stereocenters. The number of halogens is 5. The van der Waals surface area contributed by atoms with Crippen LogP contribution in [-0.4, -0.2) is 66.6 Å². The van der Waals surface area contributed by atoms with Gasteiger partial charge in [0.1, 0.15) is 17.9 Å². The van der Waals surface area contributed by atoms with Gasteiger partial charge in [0.05, 0.1) is 42.4 Å². The number of carbonyl (C=O) groups is 1. The van der Waals surface area contributed by atoms with Crippen LogP contribution >= 0.6 is 0 Å². The van der Waals surface area contributed by atoms with Crippen molar-refractivity contribution in [3.63, 3.8) is 0 Å². The van der Waals surface area contributed by atoms with E-state index in [0.717, 1.165) is 10.9 Å². The highest BCUT2D eigenvalue weighted by Crippen LogP contribution is 2.42. The molecule has 5 heterocycles. The van der Waals surface area contributed by atoms with E-state index in [1.165, 1.54) is 6.20 Å². The SMILES string of the molecule is O=C1N(Cc2cnc(C(F)(F)F)cn2)CCC12CCN(c1cnc3cnn(CC(F)F)c3n1)CC2. The maximum absolute atomic E-state index is 13.2. The Morgan fingerprint density at radius 1 is 0.971 bits per heavy atom. The third kappa shape index (κ3) is 4.48. The van der Waals surface area contributed by atoms with E-state index >= 15 is 0 Å². The third-order valence-electron chi connectivity index (χ3n) is 6.64. The summed E-state index contributed by atoms with van der Waals surface area (Å²) in [5.41, 5.74) is -0.619. The van der Waals surface area contributed by atoms with Gasteiger partial charge in [0.25, 0.3) is 6.43 Å². The largest absolute Gasteiger partial charge is 0.434 e. The van der Waals surface area contributed by atoms with E-state index in [-0.39, 0.29) is 18.1 Å². The lowest BCUT2D eigenvalue weighted by molar-refractivity contribution is -0.141. The highest BCUT2D eigenvalue weighted by atomic mass is 19.4. The van der Waals surface area contributed by atoms with Crippen LogP contribution < -0.4 is 4.90 Å². The Labute approximate surface area is 196 Å². The molecular formula is C21H21F5N8O. The van der Waals surface area contributed by atoms with Gasteiger partial charge in [-0.15, -0.1) is 0 Å². The van der Waals surface area contributed by atoms with Gasteiger partial charge in [-0.3, -0.25) is 9.78 Å². The standard InChI is InChI=1S/C21H21F5N8O/c22-16(23)12-34-18-14(8-30-34)28-10-17(31-18)32-4-1-20(2-5-32)3-6-33(19(20)35)11-13-7-29-15(9-27-13)21(24,25)26/h7-10,16H,1-6,11-12H2. The number of nitrogens with zero attached hydrogens (tertiary/aromatic N) is 8. The van der Waals surface area contributed by atoms with Gasteiger partial charge in [-0.05, 0) is 19.3 Å². The molecule has 2 fully saturated rings. The topological polar surface area (TPSA) is 92.9 Å². The van der Waals surface area contributed by atoms with Gasteiger partial charge >= 0.3 is 6.18 Å². The first-order valence-electron chi connectivity index (χ1n) is 11.0. The molecule has 0 radical (unpaired) electrons. The van der Waals surface area contributed by atoms with Crippen molar-refractivity contribution in [1.82, 2.24) is 34.6 Å². The molecule has 2 aliphatic rings. The number of hydrogen-bond donors (Lipinski definition) is 0. The number of carbonyl (C=O) groups excluding carboxylic acids is 1. The van der Waals surface area contributed by atoms with E-state index in [9.17, 15) is 26.7 Å². The molecule has 0 saturated carbocycles. The number of rotatable bonds is 5. The first-order valence-corrected chi connectivity index (χ1v) is 11.0. The number of aromatic nitrogens is 6. The second-order valence-corrected chi connectivity index (χ2v) is 8.79. The van der Waals surface area contributed by atoms with E-state index in [1.807, 2.05) is 4.90 Å². The summed E-state index contributed by atoms with van der Waals surface area (Å²) < 4.78 is 64.8. The Hall–Kier alpha value is -3.45. The lowest BCUT2D eigenvalue weighted by atomic mass is 9.77. The van der Waals surface area contributed by atoms with E-state index in [2.05, 4.69) is 25.0 Å². The summed E-state index contributed by atoms with van der Waals surface area (Å²) in [6.45, 7) is 1.08. The maximum atomic E-state index is 13.2. The van der Waals surface area contributed by atoms with Crippen molar-refractivity contribution in [2.75, 3.05) is 24.5 Å². The second kappa shape index (κ2) is 8.64. The predicted octanol–water partition coefficient (Wildman–Crippen LogP) is 2.92. The lowest BCUT2D eigenvalue weighted by Crippen LogP contribution is -2.45.